The van der Waals surface area contributed by atoms with Crippen LogP contribution in [0.1, 0.15) is 18.4 Å². The number of nitrogens with zero attached hydrogens (tertiary/aromatic N) is 1. The molecule has 1 amide bonds. The molecule has 0 saturated heterocycles. The van der Waals surface area contributed by atoms with Crippen molar-refractivity contribution in [3.63, 3.8) is 0 Å². The molecule has 2 aliphatic rings. The number of primary amides is 1. The lowest BCUT2D eigenvalue weighted by atomic mass is 9.84. The number of carbonyl (C=O) groups is 1. The van der Waals surface area contributed by atoms with E-state index in [1.165, 1.54) is 23.9 Å². The Morgan fingerprint density at radius 1 is 1.55 bits per heavy atom. The van der Waals surface area contributed by atoms with E-state index in [-0.39, 0.29) is 23.1 Å². The summed E-state index contributed by atoms with van der Waals surface area (Å²) in [6.07, 6.45) is 0.608. The molecule has 118 valence electrons. The highest BCUT2D eigenvalue weighted by Gasteiger charge is 2.68. The molecule has 0 unspecified atom stereocenters. The summed E-state index contributed by atoms with van der Waals surface area (Å²) in [5.74, 6) is -1.32. The van der Waals surface area contributed by atoms with E-state index in [1.54, 1.807) is 6.07 Å². The van der Waals surface area contributed by atoms with Crippen molar-refractivity contribution in [2.24, 2.45) is 22.4 Å². The van der Waals surface area contributed by atoms with Gasteiger partial charge in [-0.2, -0.15) is 0 Å². The minimum absolute atomic E-state index is 0.0793. The van der Waals surface area contributed by atoms with Gasteiger partial charge in [0, 0.05) is 27.1 Å². The van der Waals surface area contributed by atoms with Crippen LogP contribution in [0.15, 0.2) is 27.7 Å². The Bertz CT molecular complexity index is 686. The first-order valence-electron chi connectivity index (χ1n) is 6.67. The Balaban J connectivity index is 2.11. The van der Waals surface area contributed by atoms with Gasteiger partial charge in [0.1, 0.15) is 18.0 Å². The number of nitrogens with two attached hydrogens (primary N) is 2. The second-order valence-electron chi connectivity index (χ2n) is 5.70. The van der Waals surface area contributed by atoms with Gasteiger partial charge >= 0.3 is 0 Å². The van der Waals surface area contributed by atoms with Gasteiger partial charge in [-0.15, -0.1) is 0 Å². The minimum atomic E-state index is -1.39. The number of carbonyl (C=O) groups excluding carboxylic acids is 1. The highest BCUT2D eigenvalue weighted by atomic mass is 79.9. The fourth-order valence-corrected chi connectivity index (χ4v) is 5.10. The normalized spacial score (nSPS) is 33.0. The van der Waals surface area contributed by atoms with Crippen molar-refractivity contribution in [2.75, 3.05) is 6.67 Å². The monoisotopic (exact) mass is 389 g/mol. The Kier molecular flexibility index (Phi) is 3.71. The predicted octanol–water partition coefficient (Wildman–Crippen LogP) is 2.45. The topological polar surface area (TPSA) is 81.5 Å². The molecule has 1 fully saturated rings. The minimum Gasteiger partial charge on any atom is -0.378 e. The number of halogens is 3. The van der Waals surface area contributed by atoms with Gasteiger partial charge in [-0.25, -0.2) is 13.8 Å². The summed E-state index contributed by atoms with van der Waals surface area (Å²) in [6.45, 7) is -0.882. The fourth-order valence-electron chi connectivity index (χ4n) is 3.31. The van der Waals surface area contributed by atoms with Crippen molar-refractivity contribution in [3.8, 4) is 0 Å². The first-order valence-corrected chi connectivity index (χ1v) is 8.28. The molecule has 0 spiro atoms. The number of hydrogen-bond acceptors (Lipinski definition) is 4. The molecular weight excluding hydrogens is 376 g/mol. The van der Waals surface area contributed by atoms with E-state index in [2.05, 4.69) is 20.9 Å². The van der Waals surface area contributed by atoms with Crippen LogP contribution in [0.2, 0.25) is 0 Å². The third kappa shape index (κ3) is 2.32. The summed E-state index contributed by atoms with van der Waals surface area (Å²) >= 11 is 4.51. The van der Waals surface area contributed by atoms with Crippen molar-refractivity contribution in [1.29, 1.82) is 0 Å². The highest BCUT2D eigenvalue weighted by molar-refractivity contribution is 9.10. The van der Waals surface area contributed by atoms with Gasteiger partial charge in [-0.05, 0) is 24.6 Å². The van der Waals surface area contributed by atoms with Crippen molar-refractivity contribution in [1.82, 2.24) is 0 Å². The Labute approximate surface area is 138 Å². The summed E-state index contributed by atoms with van der Waals surface area (Å²) in [6, 6.07) is 4.33. The molecule has 0 bridgehead atoms. The smallest absolute Gasteiger partial charge is 0.218 e. The molecule has 1 heterocycles. The molecule has 4 nitrogen and oxygen atoms in total. The lowest BCUT2D eigenvalue weighted by Gasteiger charge is -2.35. The Hall–Kier alpha value is -1.15. The zero-order valence-corrected chi connectivity index (χ0v) is 13.9. The molecule has 1 aromatic rings. The van der Waals surface area contributed by atoms with E-state index < -0.39 is 28.7 Å². The third-order valence-electron chi connectivity index (χ3n) is 4.29. The van der Waals surface area contributed by atoms with Crippen molar-refractivity contribution < 1.29 is 13.6 Å². The van der Waals surface area contributed by atoms with Crippen LogP contribution in [0.5, 0.6) is 0 Å². The quantitative estimate of drug-likeness (QED) is 0.829. The Morgan fingerprint density at radius 2 is 2.27 bits per heavy atom. The van der Waals surface area contributed by atoms with Crippen molar-refractivity contribution >= 4 is 38.8 Å². The predicted molar refractivity (Wildman–Crippen MR) is 85.6 cm³/mol. The average molecular weight is 390 g/mol. The van der Waals surface area contributed by atoms with Crippen LogP contribution in [0.3, 0.4) is 0 Å². The van der Waals surface area contributed by atoms with Crippen LogP contribution in [-0.2, 0) is 10.3 Å². The molecule has 8 heteroatoms. The van der Waals surface area contributed by atoms with Crippen LogP contribution in [-0.4, -0.2) is 22.5 Å². The second-order valence-corrected chi connectivity index (χ2v) is 8.05. The van der Waals surface area contributed by atoms with Gasteiger partial charge < -0.3 is 11.5 Å². The van der Waals surface area contributed by atoms with Crippen LogP contribution >= 0.6 is 27.7 Å². The zero-order chi connectivity index (χ0) is 16.1. The zero-order valence-electron chi connectivity index (χ0n) is 11.5. The van der Waals surface area contributed by atoms with Gasteiger partial charge in [0.15, 0.2) is 5.17 Å². The largest absolute Gasteiger partial charge is 0.378 e. The molecule has 22 heavy (non-hydrogen) atoms. The van der Waals surface area contributed by atoms with E-state index in [0.29, 0.717) is 10.9 Å². The summed E-state index contributed by atoms with van der Waals surface area (Å²) in [5.41, 5.74) is 9.91. The lowest BCUT2D eigenvalue weighted by molar-refractivity contribution is -0.118. The molecule has 3 rings (SSSR count). The van der Waals surface area contributed by atoms with E-state index in [0.717, 1.165) is 0 Å². The lowest BCUT2D eigenvalue weighted by Crippen LogP contribution is -2.41. The molecule has 1 aliphatic carbocycles. The van der Waals surface area contributed by atoms with Crippen LogP contribution < -0.4 is 11.5 Å². The van der Waals surface area contributed by atoms with Gasteiger partial charge in [0.25, 0.3) is 0 Å². The van der Waals surface area contributed by atoms with E-state index in [4.69, 9.17) is 11.5 Å². The first kappa shape index (κ1) is 15.7. The van der Waals surface area contributed by atoms with Gasteiger partial charge in [0.05, 0.1) is 0 Å². The SMILES string of the molecule is NC(=O)C[C@]12C[C@H]1[C@@](CF)(c1cc(Br)ccc1F)N=C(N)S2. The summed E-state index contributed by atoms with van der Waals surface area (Å²) in [7, 11) is 0. The second kappa shape index (κ2) is 5.19. The van der Waals surface area contributed by atoms with Crippen LogP contribution in [0.4, 0.5) is 8.78 Å². The van der Waals surface area contributed by atoms with Crippen molar-refractivity contribution in [2.45, 2.75) is 23.1 Å². The number of amidine groups is 1. The fraction of sp³-hybridized carbons (Fsp3) is 0.429. The van der Waals surface area contributed by atoms with E-state index in [9.17, 15) is 13.6 Å². The number of fused-ring (bicyclic) bond motifs is 1. The number of benzene rings is 1. The first-order chi connectivity index (χ1) is 10.3. The number of thioether (sulfide) groups is 1. The molecule has 1 aliphatic heterocycles. The molecule has 1 saturated carbocycles. The Morgan fingerprint density at radius 3 is 2.91 bits per heavy atom. The van der Waals surface area contributed by atoms with Gasteiger partial charge in [0.2, 0.25) is 5.91 Å². The molecule has 0 aromatic heterocycles. The number of rotatable bonds is 4. The van der Waals surface area contributed by atoms with E-state index in [1.807, 2.05) is 0 Å². The van der Waals surface area contributed by atoms with Crippen molar-refractivity contribution in [3.05, 3.63) is 34.1 Å². The maximum Gasteiger partial charge on any atom is 0.218 e. The summed E-state index contributed by atoms with van der Waals surface area (Å²) < 4.78 is 28.4. The molecule has 3 atom stereocenters. The van der Waals surface area contributed by atoms with Crippen LogP contribution in [0, 0.1) is 11.7 Å². The van der Waals surface area contributed by atoms with Gasteiger partial charge in [-0.3, -0.25) is 4.79 Å². The summed E-state index contributed by atoms with van der Waals surface area (Å²) in [5, 5.41) is 0.159. The number of aliphatic imine (C=N–C) groups is 1. The maximum atomic E-state index is 14.3. The molecular formula is C14H14BrF2N3OS. The number of hydrogen-bond donors (Lipinski definition) is 2. The highest BCUT2D eigenvalue weighted by Crippen LogP contribution is 2.67. The number of alkyl halides is 1. The number of amides is 1. The van der Waals surface area contributed by atoms with Crippen LogP contribution in [0.25, 0.3) is 0 Å². The average Bonchev–Trinajstić information content (AvgIpc) is 3.13. The maximum absolute atomic E-state index is 14.3. The van der Waals surface area contributed by atoms with Gasteiger partial charge in [-0.1, -0.05) is 27.7 Å². The van der Waals surface area contributed by atoms with E-state index >= 15 is 0 Å². The molecule has 0 radical (unpaired) electrons. The summed E-state index contributed by atoms with van der Waals surface area (Å²) in [4.78, 5) is 15.6. The third-order valence-corrected chi connectivity index (χ3v) is 6.09. The molecule has 4 N–H and O–H groups in total. The molecule has 1 aromatic carbocycles. The standard InChI is InChI=1S/C14H14BrF2N3OS/c15-7-1-2-9(17)8(3-7)14(6-16)10-4-13(10,5-11(18)21)22-12(19)20-14/h1-3,10H,4-6H2,(H2,18,21)(H2,19,20)/t10-,13-,14-/m1/s1.